The van der Waals surface area contributed by atoms with E-state index in [1.54, 1.807) is 31.2 Å². The molecule has 1 aliphatic rings. The molecule has 158 valence electrons. The number of hydrogen-bond acceptors (Lipinski definition) is 4. The summed E-state index contributed by atoms with van der Waals surface area (Å²) in [6.45, 7) is 2.00. The van der Waals surface area contributed by atoms with Crippen molar-refractivity contribution in [2.75, 3.05) is 6.54 Å². The van der Waals surface area contributed by atoms with Crippen molar-refractivity contribution in [3.63, 3.8) is 0 Å². The van der Waals surface area contributed by atoms with Crippen LogP contribution in [-0.2, 0) is 25.4 Å². The molecule has 0 radical (unpaired) electrons. The van der Waals surface area contributed by atoms with E-state index in [0.717, 1.165) is 5.56 Å². The first-order chi connectivity index (χ1) is 14.2. The summed E-state index contributed by atoms with van der Waals surface area (Å²) in [5.74, 6) is -1.29. The second-order valence-corrected chi connectivity index (χ2v) is 9.57. The number of halogens is 1. The van der Waals surface area contributed by atoms with Crippen LogP contribution >= 0.6 is 11.6 Å². The highest BCUT2D eigenvalue weighted by atomic mass is 35.5. The van der Waals surface area contributed by atoms with E-state index >= 15 is 0 Å². The first kappa shape index (κ1) is 22.1. The highest BCUT2D eigenvalue weighted by molar-refractivity contribution is 7.89. The zero-order chi connectivity index (χ0) is 21.8. The number of likely N-dealkylation sites (tertiary alicyclic amines) is 1. The average molecular weight is 447 g/mol. The predicted octanol–water partition coefficient (Wildman–Crippen LogP) is 3.38. The number of hydrogen-bond donors (Lipinski definition) is 1. The molecule has 1 atom stereocenters. The maximum Gasteiger partial charge on any atom is 0.259 e. The monoisotopic (exact) mass is 446 g/mol. The molecule has 1 fully saturated rings. The highest BCUT2D eigenvalue weighted by Gasteiger charge is 2.49. The Kier molecular flexibility index (Phi) is 6.63. The molecule has 2 amide bonds. The fraction of sp³-hybridized carbons (Fsp3) is 0.273. The SMILES string of the molecule is CC1(C(=O)NS(=O)(=O)Cc2cccc(Cl)c2)CCN1C(=O)C/C=C/c1ccccc1. The number of carbonyl (C=O) groups excluding carboxylic acids is 2. The second kappa shape index (κ2) is 9.02. The lowest BCUT2D eigenvalue weighted by molar-refractivity contribution is -0.155. The third kappa shape index (κ3) is 5.29. The van der Waals surface area contributed by atoms with Crippen LogP contribution in [0.2, 0.25) is 5.02 Å². The third-order valence-corrected chi connectivity index (χ3v) is 6.55. The number of amides is 2. The number of rotatable bonds is 7. The van der Waals surface area contributed by atoms with Crippen molar-refractivity contribution in [1.29, 1.82) is 0 Å². The van der Waals surface area contributed by atoms with Crippen molar-refractivity contribution in [3.8, 4) is 0 Å². The molecule has 6 nitrogen and oxygen atoms in total. The molecule has 0 aliphatic carbocycles. The Balaban J connectivity index is 1.60. The van der Waals surface area contributed by atoms with Crippen LogP contribution in [-0.4, -0.2) is 37.2 Å². The van der Waals surface area contributed by atoms with Crippen LogP contribution in [0.3, 0.4) is 0 Å². The largest absolute Gasteiger partial charge is 0.328 e. The number of nitrogens with zero attached hydrogens (tertiary/aromatic N) is 1. The fourth-order valence-electron chi connectivity index (χ4n) is 3.30. The Morgan fingerprint density at radius 3 is 2.53 bits per heavy atom. The minimum Gasteiger partial charge on any atom is -0.328 e. The summed E-state index contributed by atoms with van der Waals surface area (Å²) in [4.78, 5) is 26.7. The molecule has 3 rings (SSSR count). The van der Waals surface area contributed by atoms with Gasteiger partial charge in [-0.15, -0.1) is 0 Å². The van der Waals surface area contributed by atoms with Crippen LogP contribution in [0.1, 0.15) is 30.9 Å². The summed E-state index contributed by atoms with van der Waals surface area (Å²) >= 11 is 5.89. The van der Waals surface area contributed by atoms with E-state index in [-0.39, 0.29) is 18.1 Å². The fourth-order valence-corrected chi connectivity index (χ4v) is 4.70. The zero-order valence-corrected chi connectivity index (χ0v) is 18.1. The summed E-state index contributed by atoms with van der Waals surface area (Å²) in [6.07, 6.45) is 4.11. The Labute approximate surface area is 181 Å². The molecule has 0 bridgehead atoms. The quantitative estimate of drug-likeness (QED) is 0.706. The molecule has 1 aliphatic heterocycles. The van der Waals surface area contributed by atoms with Gasteiger partial charge in [0.05, 0.1) is 5.75 Å². The Morgan fingerprint density at radius 2 is 1.90 bits per heavy atom. The van der Waals surface area contributed by atoms with Crippen molar-refractivity contribution >= 4 is 39.5 Å². The molecular weight excluding hydrogens is 424 g/mol. The maximum absolute atomic E-state index is 12.7. The van der Waals surface area contributed by atoms with Crippen molar-refractivity contribution in [1.82, 2.24) is 9.62 Å². The molecule has 30 heavy (non-hydrogen) atoms. The van der Waals surface area contributed by atoms with Gasteiger partial charge in [0.2, 0.25) is 15.9 Å². The van der Waals surface area contributed by atoms with Gasteiger partial charge in [0.25, 0.3) is 5.91 Å². The van der Waals surface area contributed by atoms with E-state index in [9.17, 15) is 18.0 Å². The van der Waals surface area contributed by atoms with Gasteiger partial charge in [-0.1, -0.05) is 66.2 Å². The van der Waals surface area contributed by atoms with Crippen molar-refractivity contribution < 1.29 is 18.0 Å². The van der Waals surface area contributed by atoms with E-state index < -0.39 is 21.5 Å². The van der Waals surface area contributed by atoms with Gasteiger partial charge in [-0.25, -0.2) is 8.42 Å². The van der Waals surface area contributed by atoms with Crippen molar-refractivity contribution in [2.24, 2.45) is 0 Å². The lowest BCUT2D eigenvalue weighted by atomic mass is 9.85. The molecule has 0 saturated carbocycles. The van der Waals surface area contributed by atoms with Crippen LogP contribution < -0.4 is 4.72 Å². The van der Waals surface area contributed by atoms with E-state index in [2.05, 4.69) is 4.72 Å². The van der Waals surface area contributed by atoms with Gasteiger partial charge in [-0.2, -0.15) is 0 Å². The number of carbonyl (C=O) groups is 2. The lowest BCUT2D eigenvalue weighted by Gasteiger charge is -2.48. The number of benzene rings is 2. The topological polar surface area (TPSA) is 83.6 Å². The minimum atomic E-state index is -3.92. The van der Waals surface area contributed by atoms with Gasteiger partial charge >= 0.3 is 0 Å². The average Bonchev–Trinajstić information content (AvgIpc) is 2.66. The smallest absolute Gasteiger partial charge is 0.259 e. The number of sulfonamides is 1. The summed E-state index contributed by atoms with van der Waals surface area (Å²) in [5, 5.41) is 0.417. The van der Waals surface area contributed by atoms with Gasteiger partial charge in [-0.3, -0.25) is 14.3 Å². The highest BCUT2D eigenvalue weighted by Crippen LogP contribution is 2.31. The van der Waals surface area contributed by atoms with Gasteiger partial charge in [0.1, 0.15) is 5.54 Å². The molecule has 1 unspecified atom stereocenters. The van der Waals surface area contributed by atoms with Crippen molar-refractivity contribution in [3.05, 3.63) is 76.8 Å². The van der Waals surface area contributed by atoms with E-state index in [1.807, 2.05) is 36.4 Å². The Hall–Kier alpha value is -2.64. The van der Waals surface area contributed by atoms with Crippen LogP contribution in [0, 0.1) is 0 Å². The Morgan fingerprint density at radius 1 is 1.17 bits per heavy atom. The minimum absolute atomic E-state index is 0.132. The maximum atomic E-state index is 12.7. The lowest BCUT2D eigenvalue weighted by Crippen LogP contribution is -2.67. The second-order valence-electron chi connectivity index (χ2n) is 7.41. The normalized spacial score (nSPS) is 18.8. The standard InChI is InChI=1S/C22H23ClN2O4S/c1-22(21(27)24-30(28,29)16-18-10-5-11-19(23)15-18)13-14-25(22)20(26)12-6-9-17-7-3-2-4-8-17/h2-11,15H,12-14,16H2,1H3,(H,24,27)/b9-6+. The molecule has 1 heterocycles. The molecule has 0 aromatic heterocycles. The molecule has 8 heteroatoms. The third-order valence-electron chi connectivity index (χ3n) is 5.10. The van der Waals surface area contributed by atoms with Gasteiger partial charge < -0.3 is 4.90 Å². The van der Waals surface area contributed by atoms with Crippen LogP contribution in [0.25, 0.3) is 6.08 Å². The van der Waals surface area contributed by atoms with Gasteiger partial charge in [0.15, 0.2) is 0 Å². The van der Waals surface area contributed by atoms with Crippen LogP contribution in [0.15, 0.2) is 60.7 Å². The summed E-state index contributed by atoms with van der Waals surface area (Å²) in [7, 11) is -3.92. The van der Waals surface area contributed by atoms with E-state index in [1.165, 1.54) is 11.0 Å². The first-order valence-electron chi connectivity index (χ1n) is 9.51. The molecule has 1 N–H and O–H groups in total. The zero-order valence-electron chi connectivity index (χ0n) is 16.5. The predicted molar refractivity (Wildman–Crippen MR) is 117 cm³/mol. The Bertz CT molecular complexity index is 1070. The van der Waals surface area contributed by atoms with E-state index in [0.29, 0.717) is 23.6 Å². The van der Waals surface area contributed by atoms with E-state index in [4.69, 9.17) is 11.6 Å². The molecule has 0 spiro atoms. The molecular formula is C22H23ClN2O4S. The summed E-state index contributed by atoms with van der Waals surface area (Å²) in [5.41, 5.74) is 0.265. The number of nitrogens with one attached hydrogen (secondary N) is 1. The molecule has 1 saturated heterocycles. The van der Waals surface area contributed by atoms with Crippen LogP contribution in [0.4, 0.5) is 0 Å². The summed E-state index contributed by atoms with van der Waals surface area (Å²) in [6, 6.07) is 16.0. The van der Waals surface area contributed by atoms with Crippen LogP contribution in [0.5, 0.6) is 0 Å². The first-order valence-corrected chi connectivity index (χ1v) is 11.5. The van der Waals surface area contributed by atoms with Gasteiger partial charge in [-0.05, 0) is 36.6 Å². The molecule has 2 aromatic rings. The molecule has 2 aromatic carbocycles. The van der Waals surface area contributed by atoms with Crippen molar-refractivity contribution in [2.45, 2.75) is 31.1 Å². The summed E-state index contributed by atoms with van der Waals surface area (Å²) < 4.78 is 27.0. The van der Waals surface area contributed by atoms with Gasteiger partial charge in [0, 0.05) is 18.0 Å².